The van der Waals surface area contributed by atoms with Gasteiger partial charge < -0.3 is 20.5 Å². The number of hydrogen-bond donors (Lipinski definition) is 3. The Kier molecular flexibility index (Phi) is 4.77. The zero-order chi connectivity index (χ0) is 14.6. The molecule has 0 spiro atoms. The van der Waals surface area contributed by atoms with Gasteiger partial charge in [0.05, 0.1) is 12.1 Å². The lowest BCUT2D eigenvalue weighted by atomic mass is 9.91. The predicted molar refractivity (Wildman–Crippen MR) is 79.2 cm³/mol. The van der Waals surface area contributed by atoms with E-state index in [1.807, 2.05) is 20.8 Å². The summed E-state index contributed by atoms with van der Waals surface area (Å²) in [6.45, 7) is 8.13. The van der Waals surface area contributed by atoms with E-state index in [1.54, 1.807) is 0 Å². The van der Waals surface area contributed by atoms with Crippen molar-refractivity contribution in [1.29, 1.82) is 0 Å². The third-order valence-corrected chi connectivity index (χ3v) is 3.74. The van der Waals surface area contributed by atoms with E-state index in [4.69, 9.17) is 4.74 Å². The van der Waals surface area contributed by atoms with E-state index < -0.39 is 0 Å². The second kappa shape index (κ2) is 6.37. The molecule has 0 aliphatic carbocycles. The highest BCUT2D eigenvalue weighted by Gasteiger charge is 2.33. The van der Waals surface area contributed by atoms with Crippen molar-refractivity contribution in [1.82, 2.24) is 9.97 Å². The van der Waals surface area contributed by atoms with Gasteiger partial charge in [-0.1, -0.05) is 0 Å². The molecule has 0 saturated carbocycles. The van der Waals surface area contributed by atoms with Crippen LogP contribution in [0.1, 0.15) is 31.2 Å². The van der Waals surface area contributed by atoms with Crippen molar-refractivity contribution in [2.24, 2.45) is 0 Å². The van der Waals surface area contributed by atoms with Crippen LogP contribution in [0.2, 0.25) is 0 Å². The van der Waals surface area contributed by atoms with Gasteiger partial charge in [-0.15, -0.1) is 0 Å². The van der Waals surface area contributed by atoms with Gasteiger partial charge in [-0.25, -0.2) is 9.97 Å². The Morgan fingerprint density at radius 2 is 1.85 bits per heavy atom. The number of aryl methyl sites for hydroxylation is 1. The van der Waals surface area contributed by atoms with E-state index >= 15 is 0 Å². The summed E-state index contributed by atoms with van der Waals surface area (Å²) in [4.78, 5) is 8.90. The summed E-state index contributed by atoms with van der Waals surface area (Å²) in [6.07, 6.45) is 1.56. The molecule has 1 aliphatic rings. The lowest BCUT2D eigenvalue weighted by Crippen LogP contribution is -2.47. The van der Waals surface area contributed by atoms with Gasteiger partial charge in [0.1, 0.15) is 17.5 Å². The van der Waals surface area contributed by atoms with Gasteiger partial charge in [-0.05, 0) is 33.6 Å². The Morgan fingerprint density at radius 1 is 1.20 bits per heavy atom. The number of nitrogens with zero attached hydrogens (tertiary/aromatic N) is 2. The second-order valence-electron chi connectivity index (χ2n) is 5.30. The first kappa shape index (κ1) is 15.0. The number of rotatable bonds is 5. The van der Waals surface area contributed by atoms with E-state index in [0.29, 0.717) is 19.0 Å². The summed E-state index contributed by atoms with van der Waals surface area (Å²) >= 11 is 0. The Labute approximate surface area is 120 Å². The number of aromatic nitrogens is 2. The predicted octanol–water partition coefficient (Wildman–Crippen LogP) is 1.48. The largest absolute Gasteiger partial charge is 0.394 e. The Morgan fingerprint density at radius 3 is 2.45 bits per heavy atom. The Bertz CT molecular complexity index is 459. The average molecular weight is 280 g/mol. The standard InChI is InChI=1S/C14H24N4O2/c1-4-15-12-10(2)13(17-11(3)16-12)18-14(9-19)5-7-20-8-6-14/h19H,4-9H2,1-3H3,(H2,15,16,17,18). The molecule has 6 nitrogen and oxygen atoms in total. The van der Waals surface area contributed by atoms with Crippen molar-refractivity contribution in [2.75, 3.05) is 37.0 Å². The van der Waals surface area contributed by atoms with Crippen molar-refractivity contribution >= 4 is 11.6 Å². The molecule has 0 radical (unpaired) electrons. The number of anilines is 2. The Hall–Kier alpha value is -1.40. The molecule has 0 bridgehead atoms. The van der Waals surface area contributed by atoms with Crippen LogP contribution >= 0.6 is 0 Å². The fraction of sp³-hybridized carbons (Fsp3) is 0.714. The molecular formula is C14H24N4O2. The van der Waals surface area contributed by atoms with Gasteiger partial charge >= 0.3 is 0 Å². The number of nitrogens with one attached hydrogen (secondary N) is 2. The molecule has 0 amide bonds. The van der Waals surface area contributed by atoms with Gasteiger partial charge in [0.25, 0.3) is 0 Å². The number of hydrogen-bond acceptors (Lipinski definition) is 6. The van der Waals surface area contributed by atoms with Crippen molar-refractivity contribution in [3.8, 4) is 0 Å². The molecule has 1 aliphatic heterocycles. The summed E-state index contributed by atoms with van der Waals surface area (Å²) < 4.78 is 5.38. The highest BCUT2D eigenvalue weighted by atomic mass is 16.5. The van der Waals surface area contributed by atoms with Gasteiger partial charge in [0.15, 0.2) is 0 Å². The van der Waals surface area contributed by atoms with Crippen LogP contribution in [0.25, 0.3) is 0 Å². The molecule has 1 aromatic heterocycles. The number of aliphatic hydroxyl groups excluding tert-OH is 1. The van der Waals surface area contributed by atoms with E-state index in [1.165, 1.54) is 0 Å². The highest BCUT2D eigenvalue weighted by molar-refractivity contribution is 5.58. The van der Waals surface area contributed by atoms with Crippen molar-refractivity contribution in [3.63, 3.8) is 0 Å². The lowest BCUT2D eigenvalue weighted by Gasteiger charge is -2.37. The average Bonchev–Trinajstić information content (AvgIpc) is 2.45. The maximum absolute atomic E-state index is 9.76. The fourth-order valence-corrected chi connectivity index (χ4v) is 2.43. The molecule has 2 rings (SSSR count). The molecular weight excluding hydrogens is 256 g/mol. The molecule has 2 heterocycles. The molecule has 3 N–H and O–H groups in total. The van der Waals surface area contributed by atoms with Crippen LogP contribution in [0.4, 0.5) is 11.6 Å². The molecule has 0 atom stereocenters. The SMILES string of the molecule is CCNc1nc(C)nc(NC2(CO)CCOCC2)c1C. The minimum Gasteiger partial charge on any atom is -0.394 e. The van der Waals surface area contributed by atoms with E-state index in [-0.39, 0.29) is 12.1 Å². The van der Waals surface area contributed by atoms with Gasteiger partial charge in [-0.3, -0.25) is 0 Å². The zero-order valence-corrected chi connectivity index (χ0v) is 12.5. The smallest absolute Gasteiger partial charge is 0.135 e. The van der Waals surface area contributed by atoms with Gasteiger partial charge in [0.2, 0.25) is 0 Å². The molecule has 1 aromatic rings. The van der Waals surface area contributed by atoms with Crippen LogP contribution in [0.3, 0.4) is 0 Å². The quantitative estimate of drug-likeness (QED) is 0.758. The van der Waals surface area contributed by atoms with Gasteiger partial charge in [0, 0.05) is 25.3 Å². The summed E-state index contributed by atoms with van der Waals surface area (Å²) in [5, 5.41) is 16.4. The normalized spacial score (nSPS) is 17.8. The van der Waals surface area contributed by atoms with Crippen LogP contribution < -0.4 is 10.6 Å². The van der Waals surface area contributed by atoms with Crippen molar-refractivity contribution in [2.45, 2.75) is 39.2 Å². The molecule has 0 unspecified atom stereocenters. The summed E-state index contributed by atoms with van der Waals surface area (Å²) in [6, 6.07) is 0. The van der Waals surface area contributed by atoms with Crippen molar-refractivity contribution in [3.05, 3.63) is 11.4 Å². The molecule has 112 valence electrons. The van der Waals surface area contributed by atoms with E-state index in [9.17, 15) is 5.11 Å². The zero-order valence-electron chi connectivity index (χ0n) is 12.5. The van der Waals surface area contributed by atoms with E-state index in [2.05, 4.69) is 20.6 Å². The van der Waals surface area contributed by atoms with Crippen LogP contribution in [-0.2, 0) is 4.74 Å². The van der Waals surface area contributed by atoms with Crippen molar-refractivity contribution < 1.29 is 9.84 Å². The van der Waals surface area contributed by atoms with Crippen LogP contribution in [0, 0.1) is 13.8 Å². The monoisotopic (exact) mass is 280 g/mol. The number of aliphatic hydroxyl groups is 1. The summed E-state index contributed by atoms with van der Waals surface area (Å²) in [5.74, 6) is 2.36. The second-order valence-corrected chi connectivity index (χ2v) is 5.30. The first-order chi connectivity index (χ1) is 9.60. The molecule has 1 fully saturated rings. The first-order valence-corrected chi connectivity index (χ1v) is 7.16. The fourth-order valence-electron chi connectivity index (χ4n) is 2.43. The summed E-state index contributed by atoms with van der Waals surface area (Å²) in [5.41, 5.74) is 0.643. The Balaban J connectivity index is 2.27. The van der Waals surface area contributed by atoms with Gasteiger partial charge in [-0.2, -0.15) is 0 Å². The molecule has 1 saturated heterocycles. The maximum Gasteiger partial charge on any atom is 0.135 e. The van der Waals surface area contributed by atoms with Crippen LogP contribution in [0.5, 0.6) is 0 Å². The highest BCUT2D eigenvalue weighted by Crippen LogP contribution is 2.28. The third kappa shape index (κ3) is 3.19. The van der Waals surface area contributed by atoms with E-state index in [0.717, 1.165) is 36.6 Å². The topological polar surface area (TPSA) is 79.3 Å². The minimum atomic E-state index is -0.340. The molecule has 20 heavy (non-hydrogen) atoms. The maximum atomic E-state index is 9.76. The van der Waals surface area contributed by atoms with Crippen LogP contribution in [0.15, 0.2) is 0 Å². The third-order valence-electron chi connectivity index (χ3n) is 3.74. The summed E-state index contributed by atoms with van der Waals surface area (Å²) in [7, 11) is 0. The number of ether oxygens (including phenoxy) is 1. The van der Waals surface area contributed by atoms with Crippen LogP contribution in [-0.4, -0.2) is 47.0 Å². The molecule has 0 aromatic carbocycles. The first-order valence-electron chi connectivity index (χ1n) is 7.16. The lowest BCUT2D eigenvalue weighted by molar-refractivity contribution is 0.0378. The molecule has 6 heteroatoms. The minimum absolute atomic E-state index is 0.0788.